The van der Waals surface area contributed by atoms with Gasteiger partial charge in [-0.3, -0.25) is 24.5 Å². The third-order valence-corrected chi connectivity index (χ3v) is 6.79. The van der Waals surface area contributed by atoms with Crippen molar-refractivity contribution < 1.29 is 9.59 Å². The number of amides is 2. The van der Waals surface area contributed by atoms with E-state index < -0.39 is 6.04 Å². The summed E-state index contributed by atoms with van der Waals surface area (Å²) in [6.45, 7) is 3.07. The Morgan fingerprint density at radius 2 is 1.74 bits per heavy atom. The van der Waals surface area contributed by atoms with Gasteiger partial charge in [0.25, 0.3) is 0 Å². The molecular weight excluding hydrogens is 426 g/mol. The van der Waals surface area contributed by atoms with E-state index in [1.165, 1.54) is 5.56 Å². The standard InChI is InChI=1S/C27H25N5O2/c33-26-18-31(16-22-9-8-20-4-1-2-6-24(20)29-22)27(34)25-17-30(12-13-32(25)26)15-19-7-10-23-21(14-19)5-3-11-28-23/h1-11,14,25H,12-13,15-18H2. The molecule has 7 nitrogen and oxygen atoms in total. The Hall–Kier alpha value is -3.84. The molecule has 2 aliphatic rings. The van der Waals surface area contributed by atoms with Crippen LogP contribution in [0.3, 0.4) is 0 Å². The van der Waals surface area contributed by atoms with Crippen LogP contribution >= 0.6 is 0 Å². The third-order valence-electron chi connectivity index (χ3n) is 6.79. The minimum Gasteiger partial charge on any atom is -0.327 e. The highest BCUT2D eigenvalue weighted by Gasteiger charge is 2.42. The maximum Gasteiger partial charge on any atom is 0.247 e. The molecule has 34 heavy (non-hydrogen) atoms. The Labute approximate surface area is 197 Å². The van der Waals surface area contributed by atoms with Gasteiger partial charge in [0.1, 0.15) is 12.6 Å². The van der Waals surface area contributed by atoms with Crippen molar-refractivity contribution in [3.8, 4) is 0 Å². The number of piperazine rings is 2. The fourth-order valence-corrected chi connectivity index (χ4v) is 5.04. The van der Waals surface area contributed by atoms with E-state index >= 15 is 0 Å². The Kier molecular flexibility index (Phi) is 5.19. The Balaban J connectivity index is 1.18. The predicted octanol–water partition coefficient (Wildman–Crippen LogP) is 2.84. The van der Waals surface area contributed by atoms with E-state index in [4.69, 9.17) is 4.98 Å². The van der Waals surface area contributed by atoms with Crippen LogP contribution in [0.25, 0.3) is 21.8 Å². The van der Waals surface area contributed by atoms with Gasteiger partial charge in [0.05, 0.1) is 23.3 Å². The van der Waals surface area contributed by atoms with Crippen molar-refractivity contribution in [2.75, 3.05) is 26.2 Å². The first-order valence-corrected chi connectivity index (χ1v) is 11.6. The van der Waals surface area contributed by atoms with Crippen molar-refractivity contribution in [3.05, 3.63) is 84.2 Å². The molecule has 7 heteroatoms. The van der Waals surface area contributed by atoms with Gasteiger partial charge in [-0.1, -0.05) is 36.4 Å². The van der Waals surface area contributed by atoms with Crippen LogP contribution in [0.15, 0.2) is 72.9 Å². The summed E-state index contributed by atoms with van der Waals surface area (Å²) in [5.41, 5.74) is 3.85. The van der Waals surface area contributed by atoms with Gasteiger partial charge >= 0.3 is 0 Å². The van der Waals surface area contributed by atoms with Crippen LogP contribution in [0.4, 0.5) is 0 Å². The fraction of sp³-hybridized carbons (Fsp3) is 0.259. The van der Waals surface area contributed by atoms with Crippen molar-refractivity contribution >= 4 is 33.6 Å². The predicted molar refractivity (Wildman–Crippen MR) is 130 cm³/mol. The monoisotopic (exact) mass is 451 g/mol. The molecule has 1 unspecified atom stereocenters. The van der Waals surface area contributed by atoms with E-state index in [2.05, 4.69) is 28.1 Å². The van der Waals surface area contributed by atoms with Gasteiger partial charge in [-0.15, -0.1) is 0 Å². The second-order valence-electron chi connectivity index (χ2n) is 9.06. The molecule has 0 saturated carbocycles. The average molecular weight is 452 g/mol. The molecule has 0 aliphatic carbocycles. The molecule has 1 atom stereocenters. The summed E-state index contributed by atoms with van der Waals surface area (Å²) < 4.78 is 0. The zero-order valence-electron chi connectivity index (χ0n) is 18.8. The van der Waals surface area contributed by atoms with Crippen molar-refractivity contribution in [3.63, 3.8) is 0 Å². The van der Waals surface area contributed by atoms with Gasteiger partial charge in [0, 0.05) is 43.1 Å². The van der Waals surface area contributed by atoms with E-state index in [0.29, 0.717) is 19.6 Å². The second-order valence-corrected chi connectivity index (χ2v) is 9.06. The van der Waals surface area contributed by atoms with Crippen LogP contribution < -0.4 is 0 Å². The van der Waals surface area contributed by atoms with E-state index in [9.17, 15) is 9.59 Å². The average Bonchev–Trinajstić information content (AvgIpc) is 2.87. The van der Waals surface area contributed by atoms with Crippen molar-refractivity contribution in [2.45, 2.75) is 19.1 Å². The second kappa shape index (κ2) is 8.50. The maximum atomic E-state index is 13.4. The summed E-state index contributed by atoms with van der Waals surface area (Å²) in [4.78, 5) is 41.1. The quantitative estimate of drug-likeness (QED) is 0.477. The smallest absolute Gasteiger partial charge is 0.247 e. The zero-order chi connectivity index (χ0) is 23.1. The molecule has 4 aromatic rings. The van der Waals surface area contributed by atoms with E-state index in [1.54, 1.807) is 16.0 Å². The van der Waals surface area contributed by atoms with Crippen LogP contribution in [0.1, 0.15) is 11.3 Å². The summed E-state index contributed by atoms with van der Waals surface area (Å²) in [7, 11) is 0. The van der Waals surface area contributed by atoms with Gasteiger partial charge in [-0.25, -0.2) is 0 Å². The molecule has 6 rings (SSSR count). The van der Waals surface area contributed by atoms with E-state index in [0.717, 1.165) is 40.6 Å². The van der Waals surface area contributed by atoms with E-state index in [-0.39, 0.29) is 18.4 Å². The van der Waals surface area contributed by atoms with Crippen LogP contribution in [0, 0.1) is 0 Å². The van der Waals surface area contributed by atoms with Crippen LogP contribution in [-0.4, -0.2) is 68.7 Å². The molecule has 0 radical (unpaired) electrons. The largest absolute Gasteiger partial charge is 0.327 e. The molecular formula is C27H25N5O2. The van der Waals surface area contributed by atoms with Crippen LogP contribution in [-0.2, 0) is 22.7 Å². The first-order chi connectivity index (χ1) is 16.6. The molecule has 4 heterocycles. The highest BCUT2D eigenvalue weighted by Crippen LogP contribution is 2.22. The summed E-state index contributed by atoms with van der Waals surface area (Å²) >= 11 is 0. The van der Waals surface area contributed by atoms with Gasteiger partial charge in [-0.2, -0.15) is 0 Å². The number of para-hydroxylation sites is 1. The number of hydrogen-bond acceptors (Lipinski definition) is 5. The van der Waals surface area contributed by atoms with Gasteiger partial charge in [0.2, 0.25) is 11.8 Å². The molecule has 2 amide bonds. The first kappa shape index (κ1) is 20.7. The van der Waals surface area contributed by atoms with Crippen LogP contribution in [0.5, 0.6) is 0 Å². The molecule has 0 N–H and O–H groups in total. The van der Waals surface area contributed by atoms with Gasteiger partial charge in [0.15, 0.2) is 0 Å². The third kappa shape index (κ3) is 3.88. The molecule has 2 fully saturated rings. The molecule has 2 saturated heterocycles. The number of benzene rings is 2. The SMILES string of the molecule is O=C1C2CN(Cc3ccc4ncccc4c3)CCN2C(=O)CN1Cc1ccc2ccccc2n1. The minimum absolute atomic E-state index is 0.00182. The number of rotatable bonds is 4. The molecule has 2 aliphatic heterocycles. The maximum absolute atomic E-state index is 13.4. The molecule has 2 aromatic carbocycles. The number of fused-ring (bicyclic) bond motifs is 3. The molecule has 170 valence electrons. The minimum atomic E-state index is -0.447. The van der Waals surface area contributed by atoms with Crippen LogP contribution in [0.2, 0.25) is 0 Å². The molecule has 2 aromatic heterocycles. The lowest BCUT2D eigenvalue weighted by Gasteiger charge is -2.46. The summed E-state index contributed by atoms with van der Waals surface area (Å²) in [5.74, 6) is 0.0174. The number of pyridine rings is 2. The Morgan fingerprint density at radius 1 is 0.853 bits per heavy atom. The topological polar surface area (TPSA) is 69.6 Å². The Morgan fingerprint density at radius 3 is 2.68 bits per heavy atom. The lowest BCUT2D eigenvalue weighted by molar-refractivity contribution is -0.160. The zero-order valence-corrected chi connectivity index (χ0v) is 18.8. The van der Waals surface area contributed by atoms with Gasteiger partial charge in [-0.05, 0) is 35.9 Å². The van der Waals surface area contributed by atoms with Crippen molar-refractivity contribution in [2.24, 2.45) is 0 Å². The first-order valence-electron chi connectivity index (χ1n) is 11.6. The normalized spacial score (nSPS) is 19.1. The number of aromatic nitrogens is 2. The lowest BCUT2D eigenvalue weighted by Crippen LogP contribution is -2.66. The number of carbonyl (C=O) groups is 2. The summed E-state index contributed by atoms with van der Waals surface area (Å²) in [5, 5.41) is 2.17. The highest BCUT2D eigenvalue weighted by molar-refractivity contribution is 5.95. The fourth-order valence-electron chi connectivity index (χ4n) is 5.04. The molecule has 0 bridgehead atoms. The number of hydrogen-bond donors (Lipinski definition) is 0. The van der Waals surface area contributed by atoms with E-state index in [1.807, 2.05) is 48.5 Å². The lowest BCUT2D eigenvalue weighted by atomic mass is 10.0. The summed E-state index contributed by atoms with van der Waals surface area (Å²) in [6.07, 6.45) is 1.80. The van der Waals surface area contributed by atoms with Crippen molar-refractivity contribution in [1.82, 2.24) is 24.7 Å². The molecule has 0 spiro atoms. The van der Waals surface area contributed by atoms with Crippen molar-refractivity contribution in [1.29, 1.82) is 0 Å². The summed E-state index contributed by atoms with van der Waals surface area (Å²) in [6, 6.07) is 21.7. The number of nitrogens with zero attached hydrogens (tertiary/aromatic N) is 5. The highest BCUT2D eigenvalue weighted by atomic mass is 16.2. The number of carbonyl (C=O) groups excluding carboxylic acids is 2. The van der Waals surface area contributed by atoms with Gasteiger partial charge < -0.3 is 9.80 Å². The Bertz CT molecular complexity index is 1400.